The van der Waals surface area contributed by atoms with Crippen LogP contribution in [0.2, 0.25) is 0 Å². The van der Waals surface area contributed by atoms with E-state index in [0.29, 0.717) is 11.8 Å². The first-order valence-corrected chi connectivity index (χ1v) is 10.1. The molecule has 0 aliphatic heterocycles. The summed E-state index contributed by atoms with van der Waals surface area (Å²) in [6.45, 7) is -0.639. The van der Waals surface area contributed by atoms with Gasteiger partial charge in [-0.15, -0.1) is 0 Å². The Morgan fingerprint density at radius 2 is 1.62 bits per heavy atom. The van der Waals surface area contributed by atoms with Gasteiger partial charge >= 0.3 is 6.11 Å². The van der Waals surface area contributed by atoms with E-state index < -0.39 is 35.5 Å². The monoisotopic (exact) mass is 473 g/mol. The molecule has 6 nitrogen and oxygen atoms in total. The summed E-state index contributed by atoms with van der Waals surface area (Å²) in [5.74, 6) is -2.26. The Balaban J connectivity index is 1.56. The molecule has 0 radical (unpaired) electrons. The van der Waals surface area contributed by atoms with Crippen molar-refractivity contribution in [3.05, 3.63) is 108 Å². The zero-order valence-corrected chi connectivity index (χ0v) is 17.6. The molecule has 1 unspecified atom stereocenters. The highest BCUT2D eigenvalue weighted by Crippen LogP contribution is 2.42. The molecule has 0 aliphatic rings. The first-order chi connectivity index (χ1) is 16.3. The number of halogens is 4. The van der Waals surface area contributed by atoms with Crippen molar-refractivity contribution in [2.24, 2.45) is 0 Å². The number of nitrogens with zero attached hydrogens (tertiary/aromatic N) is 3. The van der Waals surface area contributed by atoms with Crippen molar-refractivity contribution in [1.82, 2.24) is 14.8 Å². The molecule has 1 heterocycles. The summed E-state index contributed by atoms with van der Waals surface area (Å²) in [6, 6.07) is 16.5. The maximum Gasteiger partial charge on any atom is 0.433 e. The van der Waals surface area contributed by atoms with Gasteiger partial charge < -0.3 is 14.6 Å². The summed E-state index contributed by atoms with van der Waals surface area (Å²) in [5.41, 5.74) is -3.19. The van der Waals surface area contributed by atoms with E-state index in [1.807, 2.05) is 30.3 Å². The van der Waals surface area contributed by atoms with Gasteiger partial charge in [0.25, 0.3) is 0 Å². The third-order valence-electron chi connectivity index (χ3n) is 5.03. The Kier molecular flexibility index (Phi) is 6.51. The topological polar surface area (TPSA) is 69.4 Å². The second kappa shape index (κ2) is 9.52. The van der Waals surface area contributed by atoms with Crippen LogP contribution in [0.5, 0.6) is 11.5 Å². The van der Waals surface area contributed by atoms with E-state index in [1.54, 1.807) is 0 Å². The molecular formula is C24H19F4N3O3. The molecule has 0 saturated carbocycles. The van der Waals surface area contributed by atoms with E-state index in [2.05, 4.69) is 10.1 Å². The normalized spacial score (nSPS) is 13.3. The number of hydrogen-bond acceptors (Lipinski definition) is 5. The Labute approximate surface area is 192 Å². The quantitative estimate of drug-likeness (QED) is 0.357. The molecule has 0 spiro atoms. The molecule has 4 aromatic rings. The SMILES string of the molecule is OC(Cn1cncn1)(c1ccc(F)cc1F)C(F)(F)Oc1ccc(OCc2ccccc2)cc1. The maximum absolute atomic E-state index is 15.4. The number of aliphatic hydroxyl groups is 1. The molecule has 176 valence electrons. The lowest BCUT2D eigenvalue weighted by molar-refractivity contribution is -0.301. The van der Waals surface area contributed by atoms with Gasteiger partial charge in [-0.05, 0) is 42.0 Å². The summed E-state index contributed by atoms with van der Waals surface area (Å²) in [7, 11) is 0. The van der Waals surface area contributed by atoms with E-state index in [1.165, 1.54) is 24.3 Å². The lowest BCUT2D eigenvalue weighted by Gasteiger charge is -2.35. The van der Waals surface area contributed by atoms with Gasteiger partial charge in [0.05, 0.1) is 6.54 Å². The standard InChI is InChI=1S/C24H19F4N3O3/c25-18-6-11-21(22(26)12-18)23(32,14-31-16-29-15-30-31)24(27,28)34-20-9-7-19(8-10-20)33-13-17-4-2-1-3-5-17/h1-12,15-16,32H,13-14H2. The molecule has 1 atom stereocenters. The average Bonchev–Trinajstić information content (AvgIpc) is 3.32. The van der Waals surface area contributed by atoms with E-state index in [4.69, 9.17) is 9.47 Å². The smallest absolute Gasteiger partial charge is 0.433 e. The van der Waals surface area contributed by atoms with E-state index in [-0.39, 0.29) is 12.4 Å². The van der Waals surface area contributed by atoms with Crippen molar-refractivity contribution in [1.29, 1.82) is 0 Å². The summed E-state index contributed by atoms with van der Waals surface area (Å²) < 4.78 is 69.9. The molecule has 0 saturated heterocycles. The van der Waals surface area contributed by atoms with Crippen molar-refractivity contribution < 1.29 is 32.1 Å². The van der Waals surface area contributed by atoms with Crippen LogP contribution >= 0.6 is 0 Å². The molecule has 3 aromatic carbocycles. The summed E-state index contributed by atoms with van der Waals surface area (Å²) >= 11 is 0. The predicted molar refractivity (Wildman–Crippen MR) is 113 cm³/mol. The molecule has 0 aliphatic carbocycles. The van der Waals surface area contributed by atoms with Crippen LogP contribution in [0.4, 0.5) is 17.6 Å². The van der Waals surface area contributed by atoms with E-state index in [0.717, 1.165) is 35.0 Å². The number of aromatic nitrogens is 3. The molecule has 0 bridgehead atoms. The van der Waals surface area contributed by atoms with Crippen LogP contribution in [0, 0.1) is 11.6 Å². The zero-order chi connectivity index (χ0) is 24.2. The first-order valence-electron chi connectivity index (χ1n) is 10.1. The highest BCUT2D eigenvalue weighted by Gasteiger charge is 2.58. The van der Waals surface area contributed by atoms with E-state index in [9.17, 15) is 13.9 Å². The summed E-state index contributed by atoms with van der Waals surface area (Å²) in [4.78, 5) is 3.64. The number of rotatable bonds is 9. The largest absolute Gasteiger partial charge is 0.489 e. The minimum Gasteiger partial charge on any atom is -0.489 e. The lowest BCUT2D eigenvalue weighted by atomic mass is 9.91. The van der Waals surface area contributed by atoms with Crippen molar-refractivity contribution in [3.8, 4) is 11.5 Å². The van der Waals surface area contributed by atoms with Crippen molar-refractivity contribution in [2.45, 2.75) is 24.9 Å². The number of ether oxygens (including phenoxy) is 2. The van der Waals surface area contributed by atoms with Crippen LogP contribution in [0.25, 0.3) is 0 Å². The molecule has 1 aromatic heterocycles. The van der Waals surface area contributed by atoms with Crippen LogP contribution in [0.1, 0.15) is 11.1 Å². The molecule has 10 heteroatoms. The van der Waals surface area contributed by atoms with Gasteiger partial charge in [-0.1, -0.05) is 30.3 Å². The Morgan fingerprint density at radius 3 is 2.26 bits per heavy atom. The Morgan fingerprint density at radius 1 is 0.912 bits per heavy atom. The lowest BCUT2D eigenvalue weighted by Crippen LogP contribution is -2.52. The van der Waals surface area contributed by atoms with Crippen molar-refractivity contribution in [2.75, 3.05) is 0 Å². The fourth-order valence-electron chi connectivity index (χ4n) is 3.28. The van der Waals surface area contributed by atoms with Gasteiger partial charge in [-0.2, -0.15) is 13.9 Å². The average molecular weight is 473 g/mol. The van der Waals surface area contributed by atoms with Crippen LogP contribution in [0.15, 0.2) is 85.5 Å². The number of alkyl halides is 2. The van der Waals surface area contributed by atoms with Gasteiger partial charge in [-0.25, -0.2) is 18.4 Å². The molecule has 4 rings (SSSR count). The zero-order valence-electron chi connectivity index (χ0n) is 17.6. The molecule has 1 N–H and O–H groups in total. The van der Waals surface area contributed by atoms with Gasteiger partial charge in [0.15, 0.2) is 0 Å². The molecular weight excluding hydrogens is 454 g/mol. The van der Waals surface area contributed by atoms with Gasteiger partial charge in [0.1, 0.15) is 42.4 Å². The summed E-state index contributed by atoms with van der Waals surface area (Å²) in [5, 5.41) is 14.7. The Hall–Kier alpha value is -3.92. The van der Waals surface area contributed by atoms with Crippen molar-refractivity contribution in [3.63, 3.8) is 0 Å². The molecule has 34 heavy (non-hydrogen) atoms. The third-order valence-corrected chi connectivity index (χ3v) is 5.03. The highest BCUT2D eigenvalue weighted by molar-refractivity contribution is 5.33. The third kappa shape index (κ3) is 5.01. The fraction of sp³-hybridized carbons (Fsp3) is 0.167. The molecule has 0 amide bonds. The maximum atomic E-state index is 15.4. The van der Waals surface area contributed by atoms with Crippen LogP contribution < -0.4 is 9.47 Å². The molecule has 0 fully saturated rings. The fourth-order valence-corrected chi connectivity index (χ4v) is 3.28. The Bertz CT molecular complexity index is 1220. The predicted octanol–water partition coefficient (Wildman–Crippen LogP) is 4.69. The van der Waals surface area contributed by atoms with Crippen molar-refractivity contribution >= 4 is 0 Å². The number of benzene rings is 3. The number of hydrogen-bond donors (Lipinski definition) is 1. The summed E-state index contributed by atoms with van der Waals surface area (Å²) in [6.07, 6.45) is -2.22. The highest BCUT2D eigenvalue weighted by atomic mass is 19.3. The van der Waals surface area contributed by atoms with Gasteiger partial charge in [0, 0.05) is 11.6 Å². The van der Waals surface area contributed by atoms with Crippen LogP contribution in [-0.2, 0) is 18.8 Å². The van der Waals surface area contributed by atoms with Crippen LogP contribution in [0.3, 0.4) is 0 Å². The second-order valence-electron chi connectivity index (χ2n) is 7.44. The second-order valence-corrected chi connectivity index (χ2v) is 7.44. The van der Waals surface area contributed by atoms with Gasteiger partial charge in [0.2, 0.25) is 5.60 Å². The van der Waals surface area contributed by atoms with Gasteiger partial charge in [-0.3, -0.25) is 0 Å². The first kappa shape index (κ1) is 23.2. The van der Waals surface area contributed by atoms with E-state index >= 15 is 8.78 Å². The minimum atomic E-state index is -4.36. The minimum absolute atomic E-state index is 0.276. The van der Waals surface area contributed by atoms with Crippen LogP contribution in [-0.4, -0.2) is 26.0 Å².